The molecule has 0 amide bonds. The van der Waals surface area contributed by atoms with Gasteiger partial charge in [-0.2, -0.15) is 0 Å². The molecule has 0 saturated carbocycles. The van der Waals surface area contributed by atoms with Crippen molar-refractivity contribution in [3.63, 3.8) is 0 Å². The zero-order valence-corrected chi connectivity index (χ0v) is 18.9. The highest BCUT2D eigenvalue weighted by molar-refractivity contribution is 6.03. The number of ether oxygens (including phenoxy) is 1. The van der Waals surface area contributed by atoms with Gasteiger partial charge in [0, 0.05) is 19.3 Å². The van der Waals surface area contributed by atoms with Gasteiger partial charge in [0.25, 0.3) is 0 Å². The Labute approximate surface area is 194 Å². The lowest BCUT2D eigenvalue weighted by Crippen LogP contribution is -2.34. The first kappa shape index (κ1) is 21.9. The first-order valence-electron chi connectivity index (χ1n) is 11.2. The molecule has 5 rings (SSSR count). The number of fused-ring (bicyclic) bond motifs is 1. The number of nitrogens with two attached hydrogens (primary N) is 1. The van der Waals surface area contributed by atoms with Crippen LogP contribution < -0.4 is 31.4 Å². The highest BCUT2D eigenvalue weighted by Gasteiger charge is 2.30. The highest BCUT2D eigenvalue weighted by Crippen LogP contribution is 2.43. The molecular formula is C24H26FN5O4. The summed E-state index contributed by atoms with van der Waals surface area (Å²) >= 11 is 0. The number of para-hydroxylation sites is 2. The van der Waals surface area contributed by atoms with E-state index in [0.29, 0.717) is 18.5 Å². The van der Waals surface area contributed by atoms with Gasteiger partial charge in [-0.1, -0.05) is 12.1 Å². The summed E-state index contributed by atoms with van der Waals surface area (Å²) in [5.74, 6) is -2.02. The molecular weight excluding hydrogens is 441 g/mol. The van der Waals surface area contributed by atoms with Gasteiger partial charge in [-0.15, -0.1) is 0 Å². The molecule has 2 aliphatic rings. The number of nitrogens with zero attached hydrogens (tertiary/aromatic N) is 2. The number of aromatic nitrogens is 1. The summed E-state index contributed by atoms with van der Waals surface area (Å²) in [6, 6.07) is 7.83. The van der Waals surface area contributed by atoms with Gasteiger partial charge in [0.15, 0.2) is 11.6 Å². The maximum absolute atomic E-state index is 15.3. The first-order valence-corrected chi connectivity index (χ1v) is 11.2. The van der Waals surface area contributed by atoms with Gasteiger partial charge < -0.3 is 35.7 Å². The van der Waals surface area contributed by atoms with Crippen molar-refractivity contribution in [2.45, 2.75) is 32.5 Å². The van der Waals surface area contributed by atoms with E-state index < -0.39 is 22.8 Å². The number of carboxylic acids is 1. The van der Waals surface area contributed by atoms with Crippen molar-refractivity contribution >= 4 is 39.6 Å². The van der Waals surface area contributed by atoms with E-state index in [1.54, 1.807) is 4.57 Å². The normalized spacial score (nSPS) is 18.4. The summed E-state index contributed by atoms with van der Waals surface area (Å²) in [6.45, 7) is 5.30. The van der Waals surface area contributed by atoms with Crippen LogP contribution in [0.2, 0.25) is 0 Å². The van der Waals surface area contributed by atoms with Gasteiger partial charge >= 0.3 is 5.97 Å². The molecule has 1 unspecified atom stereocenters. The molecule has 3 heterocycles. The topological polar surface area (TPSA) is 122 Å². The van der Waals surface area contributed by atoms with Crippen LogP contribution in [0.3, 0.4) is 0 Å². The van der Waals surface area contributed by atoms with Crippen molar-refractivity contribution in [1.29, 1.82) is 0 Å². The summed E-state index contributed by atoms with van der Waals surface area (Å²) < 4.78 is 22.8. The van der Waals surface area contributed by atoms with E-state index in [1.807, 2.05) is 25.1 Å². The fourth-order valence-electron chi connectivity index (χ4n) is 4.79. The second kappa shape index (κ2) is 8.12. The average Bonchev–Trinajstić information content (AvgIpc) is 3.13. The Balaban J connectivity index is 1.45. The number of carbonyl (C=O) groups is 1. The van der Waals surface area contributed by atoms with E-state index in [0.717, 1.165) is 17.9 Å². The highest BCUT2D eigenvalue weighted by atomic mass is 19.1. The lowest BCUT2D eigenvalue weighted by atomic mass is 10.0. The van der Waals surface area contributed by atoms with Gasteiger partial charge in [0.2, 0.25) is 5.43 Å². The first-order chi connectivity index (χ1) is 16.3. The second-order valence-electron chi connectivity index (χ2n) is 8.71. The summed E-state index contributed by atoms with van der Waals surface area (Å²) in [5, 5.41) is 15.8. The molecule has 5 N–H and O–H groups in total. The van der Waals surface area contributed by atoms with Gasteiger partial charge in [-0.25, -0.2) is 9.18 Å². The number of benzene rings is 2. The van der Waals surface area contributed by atoms with Crippen molar-refractivity contribution in [3.05, 3.63) is 52.1 Å². The molecule has 0 aliphatic carbocycles. The van der Waals surface area contributed by atoms with Crippen LogP contribution in [0.25, 0.3) is 10.9 Å². The molecule has 2 aromatic carbocycles. The maximum atomic E-state index is 15.3. The molecule has 2 aliphatic heterocycles. The minimum Gasteiger partial charge on any atom is -0.487 e. The SMILES string of the molecule is CC1Nc2ccccc2N1CCCNc1c(F)c(N)c2c(=O)c(C(=O)O)cn3c2c1OC[C@@H]3C. The molecule has 0 bridgehead atoms. The smallest absolute Gasteiger partial charge is 0.341 e. The quantitative estimate of drug-likeness (QED) is 0.321. The van der Waals surface area contributed by atoms with E-state index in [1.165, 1.54) is 6.20 Å². The summed E-state index contributed by atoms with van der Waals surface area (Å²) in [4.78, 5) is 26.7. The Hall–Kier alpha value is -3.95. The fraction of sp³-hybridized carbons (Fsp3) is 0.333. The number of hydrogen-bond donors (Lipinski definition) is 4. The van der Waals surface area contributed by atoms with Gasteiger partial charge in [-0.3, -0.25) is 4.79 Å². The van der Waals surface area contributed by atoms with Crippen LogP contribution >= 0.6 is 0 Å². The van der Waals surface area contributed by atoms with Crippen LogP contribution in [0.4, 0.5) is 27.1 Å². The van der Waals surface area contributed by atoms with E-state index >= 15 is 4.39 Å². The number of anilines is 4. The lowest BCUT2D eigenvalue weighted by molar-refractivity contribution is 0.0694. The van der Waals surface area contributed by atoms with Crippen LogP contribution in [0, 0.1) is 5.82 Å². The Bertz CT molecular complexity index is 1370. The number of rotatable bonds is 6. The summed E-state index contributed by atoms with van der Waals surface area (Å²) in [6.07, 6.45) is 2.14. The zero-order valence-electron chi connectivity index (χ0n) is 18.9. The Morgan fingerprint density at radius 3 is 2.88 bits per heavy atom. The third-order valence-corrected chi connectivity index (χ3v) is 6.50. The van der Waals surface area contributed by atoms with E-state index in [-0.39, 0.29) is 41.3 Å². The molecule has 178 valence electrons. The largest absolute Gasteiger partial charge is 0.487 e. The standard InChI is InChI=1S/C24H26FN5O4/c1-12-11-34-23-20(27-8-5-9-29-13(2)28-15-6-3-4-7-16(15)29)18(25)19(26)17-21(23)30(12)10-14(22(17)31)24(32)33/h3-4,6-7,10,12-13,27-28H,5,8-9,11,26H2,1-2H3,(H,32,33)/t12-,13?/m0/s1. The molecule has 0 saturated heterocycles. The van der Waals surface area contributed by atoms with Crippen LogP contribution in [0.15, 0.2) is 35.3 Å². The average molecular weight is 468 g/mol. The number of halogens is 1. The van der Waals surface area contributed by atoms with Crippen LogP contribution in [0.1, 0.15) is 36.7 Å². The minimum absolute atomic E-state index is 0.0844. The number of aromatic carboxylic acids is 1. The van der Waals surface area contributed by atoms with E-state index in [2.05, 4.69) is 28.5 Å². The monoisotopic (exact) mass is 467 g/mol. The number of nitrogen functional groups attached to an aromatic ring is 1. The van der Waals surface area contributed by atoms with Crippen molar-refractivity contribution in [2.24, 2.45) is 0 Å². The predicted octanol–water partition coefficient (Wildman–Crippen LogP) is 3.45. The zero-order chi connectivity index (χ0) is 24.1. The molecule has 0 radical (unpaired) electrons. The predicted molar refractivity (Wildman–Crippen MR) is 130 cm³/mol. The Kier molecular flexibility index (Phi) is 5.22. The molecule has 34 heavy (non-hydrogen) atoms. The fourth-order valence-corrected chi connectivity index (χ4v) is 4.79. The van der Waals surface area contributed by atoms with E-state index in [9.17, 15) is 14.7 Å². The molecule has 2 atom stereocenters. The van der Waals surface area contributed by atoms with E-state index in [4.69, 9.17) is 10.5 Å². The third kappa shape index (κ3) is 3.28. The molecule has 0 fully saturated rings. The number of carboxylic acid groups (broad SMARTS) is 1. The van der Waals surface area contributed by atoms with Crippen molar-refractivity contribution in [3.8, 4) is 5.75 Å². The Morgan fingerprint density at radius 2 is 2.12 bits per heavy atom. The summed E-state index contributed by atoms with van der Waals surface area (Å²) in [7, 11) is 0. The molecule has 3 aromatic rings. The van der Waals surface area contributed by atoms with Gasteiger partial charge in [0.05, 0.1) is 40.2 Å². The second-order valence-corrected chi connectivity index (χ2v) is 8.71. The van der Waals surface area contributed by atoms with Crippen molar-refractivity contribution in [2.75, 3.05) is 41.0 Å². The molecule has 1 aromatic heterocycles. The van der Waals surface area contributed by atoms with Crippen LogP contribution in [-0.2, 0) is 0 Å². The molecule has 0 spiro atoms. The van der Waals surface area contributed by atoms with Crippen molar-refractivity contribution in [1.82, 2.24) is 4.57 Å². The number of pyridine rings is 1. The van der Waals surface area contributed by atoms with Crippen LogP contribution in [-0.4, -0.2) is 41.5 Å². The molecule has 10 heteroatoms. The van der Waals surface area contributed by atoms with Gasteiger partial charge in [-0.05, 0) is 32.4 Å². The number of hydrogen-bond acceptors (Lipinski definition) is 7. The lowest BCUT2D eigenvalue weighted by Gasteiger charge is -2.29. The van der Waals surface area contributed by atoms with Crippen LogP contribution in [0.5, 0.6) is 5.75 Å². The van der Waals surface area contributed by atoms with Gasteiger partial charge in [0.1, 0.15) is 17.9 Å². The third-order valence-electron chi connectivity index (χ3n) is 6.50. The summed E-state index contributed by atoms with van der Waals surface area (Å²) in [5.41, 5.74) is 6.98. The maximum Gasteiger partial charge on any atom is 0.341 e. The Morgan fingerprint density at radius 1 is 1.35 bits per heavy atom. The number of nitrogens with one attached hydrogen (secondary N) is 2. The minimum atomic E-state index is -1.38. The van der Waals surface area contributed by atoms with Crippen molar-refractivity contribution < 1.29 is 19.0 Å². The molecule has 9 nitrogen and oxygen atoms in total.